The Balaban J connectivity index is 2.30. The first-order valence-corrected chi connectivity index (χ1v) is 7.57. The van der Waals surface area contributed by atoms with E-state index >= 15 is 0 Å². The van der Waals surface area contributed by atoms with Crippen LogP contribution in [0.25, 0.3) is 0 Å². The lowest BCUT2D eigenvalue weighted by Crippen LogP contribution is -2.43. The molecule has 2 heterocycles. The van der Waals surface area contributed by atoms with Gasteiger partial charge in [0.1, 0.15) is 6.33 Å². The van der Waals surface area contributed by atoms with Gasteiger partial charge in [0, 0.05) is 30.1 Å². The van der Waals surface area contributed by atoms with Crippen molar-refractivity contribution < 1.29 is 4.74 Å². The predicted octanol–water partition coefficient (Wildman–Crippen LogP) is 2.25. The van der Waals surface area contributed by atoms with Crippen LogP contribution in [0.5, 0.6) is 5.75 Å². The van der Waals surface area contributed by atoms with Gasteiger partial charge in [-0.3, -0.25) is 0 Å². The summed E-state index contributed by atoms with van der Waals surface area (Å²) >= 11 is 2.01. The van der Waals surface area contributed by atoms with Gasteiger partial charge in [-0.15, -0.1) is 0 Å². The van der Waals surface area contributed by atoms with E-state index in [0.29, 0.717) is 0 Å². The molecule has 1 aromatic heterocycles. The minimum atomic E-state index is 0.243. The van der Waals surface area contributed by atoms with Gasteiger partial charge in [0.15, 0.2) is 11.6 Å². The monoisotopic (exact) mass is 282 g/mol. The van der Waals surface area contributed by atoms with E-state index in [2.05, 4.69) is 34.0 Å². The lowest BCUT2D eigenvalue weighted by Gasteiger charge is -2.38. The zero-order valence-corrected chi connectivity index (χ0v) is 12.9. The third-order valence-corrected chi connectivity index (χ3v) is 4.36. The summed E-state index contributed by atoms with van der Waals surface area (Å²) in [5.41, 5.74) is 0. The van der Waals surface area contributed by atoms with Gasteiger partial charge < -0.3 is 15.0 Å². The second-order valence-corrected chi connectivity index (χ2v) is 6.94. The first kappa shape index (κ1) is 14.2. The summed E-state index contributed by atoms with van der Waals surface area (Å²) in [6.45, 7) is 9.35. The third kappa shape index (κ3) is 3.23. The molecule has 1 fully saturated rings. The molecule has 0 aromatic carbocycles. The molecule has 0 spiro atoms. The maximum atomic E-state index is 5.51. The van der Waals surface area contributed by atoms with Gasteiger partial charge in [-0.1, -0.05) is 0 Å². The lowest BCUT2D eigenvalue weighted by molar-refractivity contribution is 0.411. The van der Waals surface area contributed by atoms with Crippen molar-refractivity contribution in [1.82, 2.24) is 9.97 Å². The van der Waals surface area contributed by atoms with Crippen LogP contribution in [0.15, 0.2) is 6.33 Å². The van der Waals surface area contributed by atoms with E-state index in [0.717, 1.165) is 42.8 Å². The highest BCUT2D eigenvalue weighted by Gasteiger charge is 2.30. The van der Waals surface area contributed by atoms with E-state index in [1.807, 2.05) is 18.7 Å². The Kier molecular flexibility index (Phi) is 4.39. The summed E-state index contributed by atoms with van der Waals surface area (Å²) in [4.78, 5) is 11.0. The quantitative estimate of drug-likeness (QED) is 0.914. The van der Waals surface area contributed by atoms with E-state index in [-0.39, 0.29) is 4.75 Å². The normalized spacial score (nSPS) is 18.2. The highest BCUT2D eigenvalue weighted by atomic mass is 32.2. The van der Waals surface area contributed by atoms with Crippen LogP contribution >= 0.6 is 11.8 Å². The minimum Gasteiger partial charge on any atom is -0.490 e. The zero-order chi connectivity index (χ0) is 13.9. The zero-order valence-electron chi connectivity index (χ0n) is 12.1. The van der Waals surface area contributed by atoms with Crippen molar-refractivity contribution in [3.05, 3.63) is 6.33 Å². The first-order chi connectivity index (χ1) is 9.07. The molecular formula is C13H22N4OS. The molecule has 1 aliphatic heterocycles. The van der Waals surface area contributed by atoms with Crippen LogP contribution in [-0.2, 0) is 0 Å². The number of nitrogens with one attached hydrogen (secondary N) is 1. The molecule has 1 aliphatic rings. The van der Waals surface area contributed by atoms with E-state index in [4.69, 9.17) is 4.74 Å². The molecule has 1 N–H and O–H groups in total. The number of anilines is 2. The summed E-state index contributed by atoms with van der Waals surface area (Å²) in [6, 6.07) is 0. The van der Waals surface area contributed by atoms with Gasteiger partial charge in [-0.25, -0.2) is 9.97 Å². The van der Waals surface area contributed by atoms with Gasteiger partial charge >= 0.3 is 0 Å². The van der Waals surface area contributed by atoms with Crippen LogP contribution < -0.4 is 15.0 Å². The molecular weight excluding hydrogens is 260 g/mol. The van der Waals surface area contributed by atoms with Crippen molar-refractivity contribution in [2.45, 2.75) is 25.5 Å². The van der Waals surface area contributed by atoms with Gasteiger partial charge in [0.05, 0.1) is 7.11 Å². The average Bonchev–Trinajstić information content (AvgIpc) is 2.37. The first-order valence-electron chi connectivity index (χ1n) is 6.59. The molecule has 0 atom stereocenters. The van der Waals surface area contributed by atoms with Gasteiger partial charge in [0.2, 0.25) is 5.75 Å². The molecule has 19 heavy (non-hydrogen) atoms. The Morgan fingerprint density at radius 2 is 2.26 bits per heavy atom. The van der Waals surface area contributed by atoms with Crippen molar-refractivity contribution in [3.63, 3.8) is 0 Å². The summed E-state index contributed by atoms with van der Waals surface area (Å²) in [5.74, 6) is 3.51. The molecule has 0 amide bonds. The van der Waals surface area contributed by atoms with Crippen LogP contribution in [0.1, 0.15) is 20.8 Å². The molecule has 0 saturated carbocycles. The summed E-state index contributed by atoms with van der Waals surface area (Å²) in [5, 5.41) is 3.22. The van der Waals surface area contributed by atoms with Gasteiger partial charge in [-0.05, 0) is 20.8 Å². The highest BCUT2D eigenvalue weighted by molar-refractivity contribution is 8.00. The number of rotatable bonds is 4. The van der Waals surface area contributed by atoms with E-state index in [1.165, 1.54) is 0 Å². The smallest absolute Gasteiger partial charge is 0.204 e. The number of methoxy groups -OCH3 is 1. The van der Waals surface area contributed by atoms with Crippen LogP contribution in [-0.4, -0.2) is 47.2 Å². The van der Waals surface area contributed by atoms with Gasteiger partial charge in [0.25, 0.3) is 0 Å². The Bertz CT molecular complexity index is 439. The van der Waals surface area contributed by atoms with Crippen molar-refractivity contribution in [2.75, 3.05) is 42.7 Å². The van der Waals surface area contributed by atoms with E-state index in [9.17, 15) is 0 Å². The van der Waals surface area contributed by atoms with Crippen molar-refractivity contribution >= 4 is 23.4 Å². The third-order valence-electron chi connectivity index (χ3n) is 3.06. The number of aromatic nitrogens is 2. The number of hydrogen-bond donors (Lipinski definition) is 1. The summed E-state index contributed by atoms with van der Waals surface area (Å²) < 4.78 is 5.76. The number of nitrogens with zero attached hydrogens (tertiary/aromatic N) is 3. The van der Waals surface area contributed by atoms with Crippen LogP contribution in [0.2, 0.25) is 0 Å². The largest absolute Gasteiger partial charge is 0.490 e. The number of hydrogen-bond acceptors (Lipinski definition) is 6. The maximum absolute atomic E-state index is 5.51. The molecule has 5 nitrogen and oxygen atoms in total. The van der Waals surface area contributed by atoms with Crippen LogP contribution in [0.4, 0.5) is 11.6 Å². The molecule has 0 bridgehead atoms. The van der Waals surface area contributed by atoms with Crippen molar-refractivity contribution in [2.24, 2.45) is 0 Å². The van der Waals surface area contributed by atoms with Gasteiger partial charge in [-0.2, -0.15) is 11.8 Å². The molecule has 1 saturated heterocycles. The predicted molar refractivity (Wildman–Crippen MR) is 81.5 cm³/mol. The topological polar surface area (TPSA) is 50.3 Å². The Hall–Kier alpha value is -1.17. The van der Waals surface area contributed by atoms with Crippen molar-refractivity contribution in [1.29, 1.82) is 0 Å². The van der Waals surface area contributed by atoms with E-state index in [1.54, 1.807) is 13.4 Å². The second-order valence-electron chi connectivity index (χ2n) is 5.14. The maximum Gasteiger partial charge on any atom is 0.204 e. The molecule has 1 aromatic rings. The second kappa shape index (κ2) is 5.86. The van der Waals surface area contributed by atoms with Crippen LogP contribution in [0.3, 0.4) is 0 Å². The Morgan fingerprint density at radius 1 is 1.47 bits per heavy atom. The molecule has 6 heteroatoms. The SMILES string of the molecule is CCNc1ncnc(N2CCSC(C)(C)C2)c1OC. The van der Waals surface area contributed by atoms with E-state index < -0.39 is 0 Å². The Morgan fingerprint density at radius 3 is 2.89 bits per heavy atom. The fourth-order valence-corrected chi connectivity index (χ4v) is 3.38. The number of ether oxygens (including phenoxy) is 1. The number of thioether (sulfide) groups is 1. The standard InChI is InChI=1S/C13H22N4OS/c1-5-14-11-10(18-4)12(16-9-15-11)17-6-7-19-13(2,3)8-17/h9H,5-8H2,1-4H3,(H,14,15,16). The summed E-state index contributed by atoms with van der Waals surface area (Å²) in [6.07, 6.45) is 1.60. The average molecular weight is 282 g/mol. The molecule has 0 unspecified atom stereocenters. The fourth-order valence-electron chi connectivity index (χ4n) is 2.27. The minimum absolute atomic E-state index is 0.243. The highest BCUT2D eigenvalue weighted by Crippen LogP contribution is 2.37. The molecule has 2 rings (SSSR count). The molecule has 106 valence electrons. The molecule has 0 aliphatic carbocycles. The van der Waals surface area contributed by atoms with Crippen LogP contribution in [0, 0.1) is 0 Å². The summed E-state index contributed by atoms with van der Waals surface area (Å²) in [7, 11) is 1.67. The molecule has 0 radical (unpaired) electrons. The van der Waals surface area contributed by atoms with Crippen molar-refractivity contribution in [3.8, 4) is 5.75 Å². The Labute approximate surface area is 119 Å². The fraction of sp³-hybridized carbons (Fsp3) is 0.692. The lowest BCUT2D eigenvalue weighted by atomic mass is 10.2.